The van der Waals surface area contributed by atoms with Crippen LogP contribution in [0.3, 0.4) is 0 Å². The van der Waals surface area contributed by atoms with Gasteiger partial charge in [0.1, 0.15) is 5.82 Å². The van der Waals surface area contributed by atoms with Crippen LogP contribution in [0.4, 0.5) is 0 Å². The Labute approximate surface area is 125 Å². The fraction of sp³-hybridized carbons (Fsp3) is 0.533. The second-order valence-corrected chi connectivity index (χ2v) is 5.76. The molecule has 1 N–H and O–H groups in total. The van der Waals surface area contributed by atoms with Gasteiger partial charge in [-0.2, -0.15) is 0 Å². The van der Waals surface area contributed by atoms with Crippen molar-refractivity contribution in [3.63, 3.8) is 0 Å². The van der Waals surface area contributed by atoms with Crippen molar-refractivity contribution in [3.05, 3.63) is 29.0 Å². The van der Waals surface area contributed by atoms with Crippen LogP contribution in [0, 0.1) is 0 Å². The number of hydrogen-bond donors (Lipinski definition) is 1. The molecule has 0 spiro atoms. The molecule has 0 aliphatic heterocycles. The van der Waals surface area contributed by atoms with E-state index in [1.807, 2.05) is 19.2 Å². The summed E-state index contributed by atoms with van der Waals surface area (Å²) in [5, 5.41) is 3.93. The van der Waals surface area contributed by atoms with E-state index in [9.17, 15) is 0 Å². The van der Waals surface area contributed by atoms with E-state index in [0.717, 1.165) is 48.8 Å². The Hall–Kier alpha value is -1.10. The minimum absolute atomic E-state index is 0.746. The number of rotatable bonds is 7. The van der Waals surface area contributed by atoms with Gasteiger partial charge in [0.15, 0.2) is 0 Å². The SMILES string of the molecule is CNCCc1nc2cc(Cl)ccc2n1CCCN(C)C. The summed E-state index contributed by atoms with van der Waals surface area (Å²) in [5.41, 5.74) is 2.17. The van der Waals surface area contributed by atoms with Crippen molar-refractivity contribution in [1.82, 2.24) is 19.8 Å². The quantitative estimate of drug-likeness (QED) is 0.851. The summed E-state index contributed by atoms with van der Waals surface area (Å²) in [6.07, 6.45) is 2.05. The summed E-state index contributed by atoms with van der Waals surface area (Å²) in [6, 6.07) is 5.96. The Morgan fingerprint density at radius 1 is 1.35 bits per heavy atom. The predicted octanol–water partition coefficient (Wildman–Crippen LogP) is 2.40. The molecule has 0 aliphatic carbocycles. The van der Waals surface area contributed by atoms with E-state index in [1.165, 1.54) is 5.52 Å². The van der Waals surface area contributed by atoms with Crippen LogP contribution < -0.4 is 5.32 Å². The van der Waals surface area contributed by atoms with Gasteiger partial charge in [-0.1, -0.05) is 11.6 Å². The normalized spacial score (nSPS) is 11.7. The van der Waals surface area contributed by atoms with E-state index >= 15 is 0 Å². The monoisotopic (exact) mass is 294 g/mol. The highest BCUT2D eigenvalue weighted by atomic mass is 35.5. The number of imidazole rings is 1. The third-order valence-electron chi connectivity index (χ3n) is 3.37. The summed E-state index contributed by atoms with van der Waals surface area (Å²) < 4.78 is 2.33. The van der Waals surface area contributed by atoms with Gasteiger partial charge in [-0.15, -0.1) is 0 Å². The fourth-order valence-electron chi connectivity index (χ4n) is 2.38. The minimum Gasteiger partial charge on any atom is -0.328 e. The number of hydrogen-bond acceptors (Lipinski definition) is 3. The molecule has 20 heavy (non-hydrogen) atoms. The first-order valence-electron chi connectivity index (χ1n) is 7.06. The van der Waals surface area contributed by atoms with Crippen molar-refractivity contribution < 1.29 is 0 Å². The molecule has 1 heterocycles. The molecule has 0 saturated carbocycles. The van der Waals surface area contributed by atoms with Gasteiger partial charge in [-0.25, -0.2) is 4.98 Å². The third-order valence-corrected chi connectivity index (χ3v) is 3.61. The van der Waals surface area contributed by atoms with Crippen molar-refractivity contribution in [2.45, 2.75) is 19.4 Å². The Kier molecular flexibility index (Phi) is 5.40. The first kappa shape index (κ1) is 15.3. The van der Waals surface area contributed by atoms with Gasteiger partial charge in [0.25, 0.3) is 0 Å². The maximum absolute atomic E-state index is 6.06. The zero-order chi connectivity index (χ0) is 14.5. The second-order valence-electron chi connectivity index (χ2n) is 5.32. The van der Waals surface area contributed by atoms with Gasteiger partial charge in [-0.3, -0.25) is 0 Å². The van der Waals surface area contributed by atoms with E-state index in [0.29, 0.717) is 0 Å². The Balaban J connectivity index is 2.26. The molecule has 2 aromatic rings. The number of fused-ring (bicyclic) bond motifs is 1. The van der Waals surface area contributed by atoms with Gasteiger partial charge < -0.3 is 14.8 Å². The molecule has 0 atom stereocenters. The molecule has 1 aromatic heterocycles. The van der Waals surface area contributed by atoms with E-state index in [1.54, 1.807) is 0 Å². The van der Waals surface area contributed by atoms with Gasteiger partial charge >= 0.3 is 0 Å². The van der Waals surface area contributed by atoms with Crippen LogP contribution in [0.1, 0.15) is 12.2 Å². The molecule has 2 rings (SSSR count). The van der Waals surface area contributed by atoms with Crippen LogP contribution in [-0.4, -0.2) is 48.7 Å². The molecule has 5 heteroatoms. The topological polar surface area (TPSA) is 33.1 Å². The van der Waals surface area contributed by atoms with Gasteiger partial charge in [-0.05, 0) is 52.3 Å². The van der Waals surface area contributed by atoms with Crippen molar-refractivity contribution in [1.29, 1.82) is 0 Å². The number of nitrogens with zero attached hydrogens (tertiary/aromatic N) is 3. The van der Waals surface area contributed by atoms with Crippen molar-refractivity contribution in [2.24, 2.45) is 0 Å². The highest BCUT2D eigenvalue weighted by Crippen LogP contribution is 2.21. The lowest BCUT2D eigenvalue weighted by Gasteiger charge is -2.12. The van der Waals surface area contributed by atoms with Gasteiger partial charge in [0, 0.05) is 24.5 Å². The van der Waals surface area contributed by atoms with Crippen LogP contribution in [0.15, 0.2) is 18.2 Å². The maximum Gasteiger partial charge on any atom is 0.111 e. The van der Waals surface area contributed by atoms with Crippen LogP contribution in [0.25, 0.3) is 11.0 Å². The molecular formula is C15H23ClN4. The zero-order valence-electron chi connectivity index (χ0n) is 12.5. The largest absolute Gasteiger partial charge is 0.328 e. The molecule has 0 radical (unpaired) electrons. The summed E-state index contributed by atoms with van der Waals surface area (Å²) >= 11 is 6.06. The van der Waals surface area contributed by atoms with Gasteiger partial charge in [0.2, 0.25) is 0 Å². The van der Waals surface area contributed by atoms with Gasteiger partial charge in [0.05, 0.1) is 11.0 Å². The Morgan fingerprint density at radius 3 is 2.85 bits per heavy atom. The summed E-state index contributed by atoms with van der Waals surface area (Å²) in [7, 11) is 6.18. The third kappa shape index (κ3) is 3.72. The van der Waals surface area contributed by atoms with Crippen molar-refractivity contribution in [2.75, 3.05) is 34.2 Å². The molecule has 0 unspecified atom stereocenters. The molecule has 0 bridgehead atoms. The predicted molar refractivity (Wildman–Crippen MR) is 85.5 cm³/mol. The molecule has 110 valence electrons. The highest BCUT2D eigenvalue weighted by molar-refractivity contribution is 6.31. The molecule has 1 aromatic carbocycles. The lowest BCUT2D eigenvalue weighted by Crippen LogP contribution is -2.17. The standard InChI is InChI=1S/C15H23ClN4/c1-17-8-7-15-18-13-11-12(16)5-6-14(13)20(15)10-4-9-19(2)3/h5-6,11,17H,4,7-10H2,1-3H3. The first-order valence-corrected chi connectivity index (χ1v) is 7.43. The van der Waals surface area contributed by atoms with Crippen molar-refractivity contribution >= 4 is 22.6 Å². The summed E-state index contributed by atoms with van der Waals surface area (Å²) in [5.74, 6) is 1.13. The number of likely N-dealkylation sites (N-methyl/N-ethyl adjacent to an activating group) is 1. The molecule has 0 fully saturated rings. The maximum atomic E-state index is 6.06. The number of aryl methyl sites for hydroxylation is 1. The lowest BCUT2D eigenvalue weighted by molar-refractivity contribution is 0.386. The molecule has 4 nitrogen and oxygen atoms in total. The lowest BCUT2D eigenvalue weighted by atomic mass is 10.3. The average molecular weight is 295 g/mol. The number of nitrogens with one attached hydrogen (secondary N) is 1. The molecular weight excluding hydrogens is 272 g/mol. The smallest absolute Gasteiger partial charge is 0.111 e. The van der Waals surface area contributed by atoms with Crippen LogP contribution in [-0.2, 0) is 13.0 Å². The molecule has 0 amide bonds. The zero-order valence-corrected chi connectivity index (χ0v) is 13.2. The number of halogens is 1. The first-order chi connectivity index (χ1) is 9.61. The highest BCUT2D eigenvalue weighted by Gasteiger charge is 2.10. The number of aromatic nitrogens is 2. The van der Waals surface area contributed by atoms with Crippen molar-refractivity contribution in [3.8, 4) is 0 Å². The van der Waals surface area contributed by atoms with E-state index in [4.69, 9.17) is 16.6 Å². The fourth-order valence-corrected chi connectivity index (χ4v) is 2.54. The van der Waals surface area contributed by atoms with Crippen LogP contribution in [0.5, 0.6) is 0 Å². The Bertz CT molecular complexity index is 562. The van der Waals surface area contributed by atoms with E-state index in [2.05, 4.69) is 34.9 Å². The Morgan fingerprint density at radius 2 is 2.15 bits per heavy atom. The minimum atomic E-state index is 0.746. The average Bonchev–Trinajstić information content (AvgIpc) is 2.73. The van der Waals surface area contributed by atoms with E-state index in [-0.39, 0.29) is 0 Å². The summed E-state index contributed by atoms with van der Waals surface area (Å²) in [4.78, 5) is 6.95. The van der Waals surface area contributed by atoms with Crippen LogP contribution >= 0.6 is 11.6 Å². The molecule has 0 saturated heterocycles. The van der Waals surface area contributed by atoms with E-state index < -0.39 is 0 Å². The van der Waals surface area contributed by atoms with Crippen LogP contribution in [0.2, 0.25) is 5.02 Å². The second kappa shape index (κ2) is 7.07. The molecule has 0 aliphatic rings. The number of benzene rings is 1. The summed E-state index contributed by atoms with van der Waals surface area (Å²) in [6.45, 7) is 3.01.